The Hall–Kier alpha value is -0.610. The molecule has 0 aliphatic carbocycles. The highest BCUT2D eigenvalue weighted by Gasteiger charge is 2.29. The molecule has 2 N–H and O–H groups in total. The number of carbonyl (C=O) groups excluding carboxylic acids is 1. The maximum absolute atomic E-state index is 11.5. The minimum atomic E-state index is -0.862. The molecule has 0 amide bonds. The van der Waals surface area contributed by atoms with Crippen LogP contribution in [0, 0.1) is 0 Å². The maximum atomic E-state index is 11.5. The fourth-order valence-electron chi connectivity index (χ4n) is 1.33. The van der Waals surface area contributed by atoms with Gasteiger partial charge in [0.2, 0.25) is 0 Å². The monoisotopic (exact) mass is 216 g/mol. The van der Waals surface area contributed by atoms with Crippen molar-refractivity contribution in [1.82, 2.24) is 4.90 Å². The Bertz CT molecular complexity index is 189. The summed E-state index contributed by atoms with van der Waals surface area (Å²) < 4.78 is 4.92. The lowest BCUT2D eigenvalue weighted by molar-refractivity contribution is -0.149. The van der Waals surface area contributed by atoms with Gasteiger partial charge in [-0.05, 0) is 33.4 Å². The van der Waals surface area contributed by atoms with E-state index in [0.29, 0.717) is 13.0 Å². The summed E-state index contributed by atoms with van der Waals surface area (Å²) >= 11 is 0. The molecule has 0 radical (unpaired) electrons. The molecule has 0 rings (SSSR count). The molecule has 4 nitrogen and oxygen atoms in total. The van der Waals surface area contributed by atoms with Gasteiger partial charge in [-0.15, -0.1) is 0 Å². The average molecular weight is 216 g/mol. The summed E-state index contributed by atoms with van der Waals surface area (Å²) in [6, 6.07) is 0. The molecule has 0 aromatic rings. The highest BCUT2D eigenvalue weighted by Crippen LogP contribution is 2.09. The van der Waals surface area contributed by atoms with Gasteiger partial charge in [0.25, 0.3) is 0 Å². The first-order valence-electron chi connectivity index (χ1n) is 5.66. The van der Waals surface area contributed by atoms with Gasteiger partial charge in [0.05, 0.1) is 6.61 Å². The van der Waals surface area contributed by atoms with E-state index in [0.717, 1.165) is 19.6 Å². The van der Waals surface area contributed by atoms with Gasteiger partial charge in [-0.1, -0.05) is 13.8 Å². The van der Waals surface area contributed by atoms with E-state index in [4.69, 9.17) is 10.5 Å². The largest absolute Gasteiger partial charge is 0.465 e. The Kier molecular flexibility index (Phi) is 6.52. The van der Waals surface area contributed by atoms with Crippen molar-refractivity contribution in [2.24, 2.45) is 5.73 Å². The minimum absolute atomic E-state index is 0.308. The van der Waals surface area contributed by atoms with Crippen molar-refractivity contribution in [3.05, 3.63) is 0 Å². The molecule has 0 aromatic carbocycles. The molecule has 0 saturated heterocycles. The van der Waals surface area contributed by atoms with E-state index in [1.165, 1.54) is 0 Å². The predicted molar refractivity (Wildman–Crippen MR) is 61.6 cm³/mol. The van der Waals surface area contributed by atoms with Crippen LogP contribution in [-0.4, -0.2) is 42.6 Å². The van der Waals surface area contributed by atoms with E-state index in [1.54, 1.807) is 13.8 Å². The quantitative estimate of drug-likeness (QED) is 0.645. The fourth-order valence-corrected chi connectivity index (χ4v) is 1.33. The van der Waals surface area contributed by atoms with Gasteiger partial charge >= 0.3 is 5.97 Å². The van der Waals surface area contributed by atoms with Gasteiger partial charge in [-0.3, -0.25) is 4.79 Å². The number of hydrogen-bond acceptors (Lipinski definition) is 4. The third kappa shape index (κ3) is 5.14. The van der Waals surface area contributed by atoms with Crippen LogP contribution in [0.2, 0.25) is 0 Å². The molecular formula is C11H24N2O2. The highest BCUT2D eigenvalue weighted by atomic mass is 16.5. The Balaban J connectivity index is 4.07. The first kappa shape index (κ1) is 14.4. The number of esters is 1. The molecule has 0 saturated carbocycles. The first-order valence-corrected chi connectivity index (χ1v) is 5.66. The second kappa shape index (κ2) is 6.80. The molecule has 0 bridgehead atoms. The van der Waals surface area contributed by atoms with Crippen LogP contribution in [0.4, 0.5) is 0 Å². The third-order valence-electron chi connectivity index (χ3n) is 2.58. The molecule has 0 spiro atoms. The fraction of sp³-hybridized carbons (Fsp3) is 0.909. The molecule has 0 aromatic heterocycles. The summed E-state index contributed by atoms with van der Waals surface area (Å²) in [6.07, 6.45) is 0.632. The number of nitrogens with two attached hydrogens (primary N) is 1. The van der Waals surface area contributed by atoms with Crippen LogP contribution in [0.3, 0.4) is 0 Å². The number of ether oxygens (including phenoxy) is 1. The lowest BCUT2D eigenvalue weighted by Crippen LogP contribution is -2.48. The van der Waals surface area contributed by atoms with Crippen molar-refractivity contribution in [1.29, 1.82) is 0 Å². The van der Waals surface area contributed by atoms with Crippen LogP contribution in [0.25, 0.3) is 0 Å². The third-order valence-corrected chi connectivity index (χ3v) is 2.58. The van der Waals surface area contributed by atoms with E-state index in [9.17, 15) is 4.79 Å². The number of carbonyl (C=O) groups is 1. The number of hydrogen-bond donors (Lipinski definition) is 1. The zero-order valence-electron chi connectivity index (χ0n) is 10.4. The number of rotatable bonds is 7. The van der Waals surface area contributed by atoms with E-state index in [-0.39, 0.29) is 5.97 Å². The first-order chi connectivity index (χ1) is 6.97. The summed E-state index contributed by atoms with van der Waals surface area (Å²) in [4.78, 5) is 13.7. The molecule has 0 fully saturated rings. The second-order valence-corrected chi connectivity index (χ2v) is 3.91. The smallest absolute Gasteiger partial charge is 0.325 e. The van der Waals surface area contributed by atoms with E-state index in [2.05, 4.69) is 18.7 Å². The summed E-state index contributed by atoms with van der Waals surface area (Å²) in [6.45, 7) is 10.9. The maximum Gasteiger partial charge on any atom is 0.325 e. The highest BCUT2D eigenvalue weighted by molar-refractivity contribution is 5.79. The van der Waals surface area contributed by atoms with Gasteiger partial charge < -0.3 is 15.4 Å². The molecular weight excluding hydrogens is 192 g/mol. The van der Waals surface area contributed by atoms with Crippen molar-refractivity contribution >= 4 is 5.97 Å². The van der Waals surface area contributed by atoms with Gasteiger partial charge in [0.1, 0.15) is 5.54 Å². The van der Waals surface area contributed by atoms with Crippen LogP contribution in [0.5, 0.6) is 0 Å². The van der Waals surface area contributed by atoms with Crippen LogP contribution < -0.4 is 5.73 Å². The molecule has 90 valence electrons. The standard InChI is InChI=1S/C11H24N2O2/c1-5-13(6-2)9-8-11(4,12)10(14)15-7-3/h5-9,12H2,1-4H3. The molecule has 4 heteroatoms. The SMILES string of the molecule is CCOC(=O)C(C)(N)CCN(CC)CC. The second-order valence-electron chi connectivity index (χ2n) is 3.91. The Morgan fingerprint density at radius 2 is 1.87 bits per heavy atom. The van der Waals surface area contributed by atoms with Crippen LogP contribution >= 0.6 is 0 Å². The minimum Gasteiger partial charge on any atom is -0.465 e. The van der Waals surface area contributed by atoms with Gasteiger partial charge in [-0.25, -0.2) is 0 Å². The molecule has 0 aliphatic rings. The summed E-state index contributed by atoms with van der Waals surface area (Å²) in [7, 11) is 0. The van der Waals surface area contributed by atoms with E-state index in [1.807, 2.05) is 0 Å². The van der Waals surface area contributed by atoms with Crippen molar-refractivity contribution in [2.75, 3.05) is 26.2 Å². The van der Waals surface area contributed by atoms with Gasteiger partial charge in [0, 0.05) is 6.54 Å². The summed E-state index contributed by atoms with van der Waals surface area (Å²) in [5.41, 5.74) is 5.04. The lowest BCUT2D eigenvalue weighted by atomic mass is 9.99. The Morgan fingerprint density at radius 3 is 2.27 bits per heavy atom. The molecule has 0 heterocycles. The van der Waals surface area contributed by atoms with Crippen LogP contribution in [-0.2, 0) is 9.53 Å². The van der Waals surface area contributed by atoms with Crippen molar-refractivity contribution in [3.8, 4) is 0 Å². The van der Waals surface area contributed by atoms with Crippen molar-refractivity contribution in [3.63, 3.8) is 0 Å². The number of nitrogens with zero attached hydrogens (tertiary/aromatic N) is 1. The van der Waals surface area contributed by atoms with Crippen LogP contribution in [0.15, 0.2) is 0 Å². The molecule has 0 aliphatic heterocycles. The lowest BCUT2D eigenvalue weighted by Gasteiger charge is -2.26. The Morgan fingerprint density at radius 1 is 1.33 bits per heavy atom. The molecule has 1 atom stereocenters. The normalized spacial score (nSPS) is 15.1. The van der Waals surface area contributed by atoms with Crippen molar-refractivity contribution in [2.45, 2.75) is 39.7 Å². The summed E-state index contributed by atoms with van der Waals surface area (Å²) in [5.74, 6) is -0.308. The van der Waals surface area contributed by atoms with Crippen LogP contribution in [0.1, 0.15) is 34.1 Å². The zero-order chi connectivity index (χ0) is 11.9. The zero-order valence-corrected chi connectivity index (χ0v) is 10.4. The predicted octanol–water partition coefficient (Wildman–Crippen LogP) is 0.999. The van der Waals surface area contributed by atoms with Gasteiger partial charge in [0.15, 0.2) is 0 Å². The molecule has 1 unspecified atom stereocenters. The topological polar surface area (TPSA) is 55.6 Å². The van der Waals surface area contributed by atoms with Crippen molar-refractivity contribution < 1.29 is 9.53 Å². The summed E-state index contributed by atoms with van der Waals surface area (Å²) in [5, 5.41) is 0. The average Bonchev–Trinajstić information content (AvgIpc) is 2.19. The molecule has 15 heavy (non-hydrogen) atoms. The van der Waals surface area contributed by atoms with E-state index >= 15 is 0 Å². The van der Waals surface area contributed by atoms with E-state index < -0.39 is 5.54 Å². The van der Waals surface area contributed by atoms with Gasteiger partial charge in [-0.2, -0.15) is 0 Å². The Labute approximate surface area is 92.8 Å².